The maximum atomic E-state index is 12.1. The smallest absolute Gasteiger partial charge is 0.162 e. The van der Waals surface area contributed by atoms with Crippen LogP contribution in [0.15, 0.2) is 60.7 Å². The van der Waals surface area contributed by atoms with Crippen LogP contribution < -0.4 is 4.90 Å². The summed E-state index contributed by atoms with van der Waals surface area (Å²) in [4.78, 5) is 14.5. The number of rotatable bonds is 7. The van der Waals surface area contributed by atoms with Crippen LogP contribution in [0.4, 0.5) is 5.69 Å². The van der Waals surface area contributed by atoms with Gasteiger partial charge in [-0.1, -0.05) is 61.5 Å². The summed E-state index contributed by atoms with van der Waals surface area (Å²) in [5.41, 5.74) is 9.40. The molecule has 4 rings (SSSR count). The quantitative estimate of drug-likeness (QED) is 0.275. The van der Waals surface area contributed by atoms with Crippen molar-refractivity contribution in [3.8, 4) is 17.2 Å². The molecule has 1 aliphatic heterocycles. The van der Waals surface area contributed by atoms with Gasteiger partial charge < -0.3 is 4.90 Å². The van der Waals surface area contributed by atoms with Crippen LogP contribution in [0, 0.1) is 18.3 Å². The van der Waals surface area contributed by atoms with E-state index in [2.05, 4.69) is 61.2 Å². The Morgan fingerprint density at radius 1 is 1.03 bits per heavy atom. The van der Waals surface area contributed by atoms with Gasteiger partial charge in [0.15, 0.2) is 5.78 Å². The van der Waals surface area contributed by atoms with Crippen molar-refractivity contribution in [1.29, 1.82) is 5.26 Å². The first kappa shape index (κ1) is 23.5. The van der Waals surface area contributed by atoms with Gasteiger partial charge in [-0.3, -0.25) is 4.79 Å². The highest BCUT2D eigenvalue weighted by Crippen LogP contribution is 2.33. The fourth-order valence-electron chi connectivity index (χ4n) is 4.76. The fraction of sp³-hybridized carbons (Fsp3) is 0.290. The summed E-state index contributed by atoms with van der Waals surface area (Å²) in [6.45, 7) is 8.33. The third-order valence-corrected chi connectivity index (χ3v) is 6.76. The Labute approximate surface area is 203 Å². The SMILES string of the molecule is CCCC(=O)c1ccc(/C(C)=C/c2cccc(-c3ccc(N4CCCC4)c(C#N)c3)c2C)cc1. The number of ketones is 1. The molecule has 34 heavy (non-hydrogen) atoms. The second-order valence-electron chi connectivity index (χ2n) is 9.14. The Hall–Kier alpha value is -3.64. The molecule has 0 atom stereocenters. The van der Waals surface area contributed by atoms with E-state index in [1.807, 2.05) is 37.3 Å². The minimum atomic E-state index is 0.201. The van der Waals surface area contributed by atoms with Crippen molar-refractivity contribution in [1.82, 2.24) is 0 Å². The minimum Gasteiger partial charge on any atom is -0.370 e. The Morgan fingerprint density at radius 3 is 2.41 bits per heavy atom. The molecule has 1 fully saturated rings. The Balaban J connectivity index is 1.63. The van der Waals surface area contributed by atoms with E-state index in [4.69, 9.17) is 0 Å². The van der Waals surface area contributed by atoms with E-state index in [0.717, 1.165) is 64.2 Å². The van der Waals surface area contributed by atoms with E-state index in [1.54, 1.807) is 0 Å². The maximum absolute atomic E-state index is 12.1. The van der Waals surface area contributed by atoms with Crippen molar-refractivity contribution in [2.24, 2.45) is 0 Å². The van der Waals surface area contributed by atoms with Crippen LogP contribution in [0.3, 0.4) is 0 Å². The number of nitriles is 1. The third-order valence-electron chi connectivity index (χ3n) is 6.76. The molecule has 0 aromatic heterocycles. The van der Waals surface area contributed by atoms with E-state index >= 15 is 0 Å². The third kappa shape index (κ3) is 4.97. The van der Waals surface area contributed by atoms with Gasteiger partial charge >= 0.3 is 0 Å². The van der Waals surface area contributed by atoms with Gasteiger partial charge in [0.05, 0.1) is 11.3 Å². The topological polar surface area (TPSA) is 44.1 Å². The van der Waals surface area contributed by atoms with Gasteiger partial charge in [0.1, 0.15) is 6.07 Å². The lowest BCUT2D eigenvalue weighted by atomic mass is 9.93. The molecule has 0 unspecified atom stereocenters. The molecule has 1 saturated heterocycles. The van der Waals surface area contributed by atoms with E-state index in [-0.39, 0.29) is 5.78 Å². The van der Waals surface area contributed by atoms with Crippen LogP contribution in [0.5, 0.6) is 0 Å². The molecule has 0 bridgehead atoms. The maximum Gasteiger partial charge on any atom is 0.162 e. The molecule has 0 aliphatic carbocycles. The number of carbonyl (C=O) groups excluding carboxylic acids is 1. The van der Waals surface area contributed by atoms with Gasteiger partial charge in [0, 0.05) is 25.1 Å². The molecule has 3 aromatic rings. The zero-order valence-corrected chi connectivity index (χ0v) is 20.4. The summed E-state index contributed by atoms with van der Waals surface area (Å²) in [6.07, 6.45) is 6.04. The summed E-state index contributed by atoms with van der Waals surface area (Å²) in [5, 5.41) is 9.80. The number of nitrogens with zero attached hydrogens (tertiary/aromatic N) is 2. The van der Waals surface area contributed by atoms with E-state index in [1.165, 1.54) is 18.4 Å². The highest BCUT2D eigenvalue weighted by molar-refractivity contribution is 5.96. The van der Waals surface area contributed by atoms with Crippen molar-refractivity contribution in [2.75, 3.05) is 18.0 Å². The first-order valence-corrected chi connectivity index (χ1v) is 12.2. The Kier molecular flexibility index (Phi) is 7.28. The predicted octanol–water partition coefficient (Wildman–Crippen LogP) is 7.68. The van der Waals surface area contributed by atoms with Gasteiger partial charge in [-0.2, -0.15) is 5.26 Å². The van der Waals surface area contributed by atoms with Gasteiger partial charge in [-0.15, -0.1) is 0 Å². The van der Waals surface area contributed by atoms with Gasteiger partial charge in [0.2, 0.25) is 0 Å². The highest BCUT2D eigenvalue weighted by atomic mass is 16.1. The highest BCUT2D eigenvalue weighted by Gasteiger charge is 2.17. The average molecular weight is 449 g/mol. The first-order chi connectivity index (χ1) is 16.5. The lowest BCUT2D eigenvalue weighted by Crippen LogP contribution is -2.18. The largest absolute Gasteiger partial charge is 0.370 e. The van der Waals surface area contributed by atoms with Crippen LogP contribution in [0.2, 0.25) is 0 Å². The number of carbonyl (C=O) groups is 1. The molecule has 3 heteroatoms. The second kappa shape index (κ2) is 10.5. The van der Waals surface area contributed by atoms with Gasteiger partial charge in [-0.05, 0) is 78.6 Å². The number of hydrogen-bond donors (Lipinski definition) is 0. The van der Waals surface area contributed by atoms with Crippen molar-refractivity contribution in [2.45, 2.75) is 46.5 Å². The number of anilines is 1. The summed E-state index contributed by atoms with van der Waals surface area (Å²) in [5.74, 6) is 0.201. The zero-order chi connectivity index (χ0) is 24.1. The normalized spacial score (nSPS) is 13.7. The number of benzene rings is 3. The van der Waals surface area contributed by atoms with Crippen molar-refractivity contribution < 1.29 is 4.79 Å². The van der Waals surface area contributed by atoms with E-state index in [9.17, 15) is 10.1 Å². The van der Waals surface area contributed by atoms with Crippen LogP contribution >= 0.6 is 0 Å². The number of hydrogen-bond acceptors (Lipinski definition) is 3. The molecule has 3 aromatic carbocycles. The lowest BCUT2D eigenvalue weighted by Gasteiger charge is -2.20. The van der Waals surface area contributed by atoms with E-state index in [0.29, 0.717) is 6.42 Å². The summed E-state index contributed by atoms with van der Waals surface area (Å²) in [6, 6.07) is 22.9. The summed E-state index contributed by atoms with van der Waals surface area (Å²) < 4.78 is 0. The molecule has 0 amide bonds. The molecule has 1 aliphatic rings. The summed E-state index contributed by atoms with van der Waals surface area (Å²) in [7, 11) is 0. The molecule has 0 spiro atoms. The molecule has 172 valence electrons. The Morgan fingerprint density at radius 2 is 1.74 bits per heavy atom. The standard InChI is InChI=1S/C31H32N2O/c1-4-8-31(34)25-13-11-24(12-14-25)22(2)19-26-9-7-10-29(23(26)3)27-15-16-30(28(20-27)21-32)33-17-5-6-18-33/h7,9-16,19-20H,4-6,8,17-18H2,1-3H3/b22-19+. The Bertz CT molecular complexity index is 1260. The predicted molar refractivity (Wildman–Crippen MR) is 142 cm³/mol. The fourth-order valence-corrected chi connectivity index (χ4v) is 4.76. The van der Waals surface area contributed by atoms with Crippen LogP contribution in [0.25, 0.3) is 22.8 Å². The number of Topliss-reactive ketones (excluding diaryl/α,β-unsaturated/α-hetero) is 1. The first-order valence-electron chi connectivity index (χ1n) is 12.2. The van der Waals surface area contributed by atoms with Crippen molar-refractivity contribution in [3.05, 3.63) is 88.5 Å². The van der Waals surface area contributed by atoms with Crippen molar-refractivity contribution >= 4 is 23.1 Å². The average Bonchev–Trinajstić information content (AvgIpc) is 3.40. The molecule has 0 saturated carbocycles. The van der Waals surface area contributed by atoms with Gasteiger partial charge in [-0.25, -0.2) is 0 Å². The number of allylic oxidation sites excluding steroid dienone is 1. The molecule has 3 nitrogen and oxygen atoms in total. The van der Waals surface area contributed by atoms with Crippen molar-refractivity contribution in [3.63, 3.8) is 0 Å². The van der Waals surface area contributed by atoms with Crippen LogP contribution in [0.1, 0.15) is 72.1 Å². The lowest BCUT2D eigenvalue weighted by molar-refractivity contribution is 0.0981. The summed E-state index contributed by atoms with van der Waals surface area (Å²) >= 11 is 0. The molecule has 0 radical (unpaired) electrons. The van der Waals surface area contributed by atoms with Crippen LogP contribution in [-0.4, -0.2) is 18.9 Å². The molecule has 1 heterocycles. The van der Waals surface area contributed by atoms with Gasteiger partial charge in [0.25, 0.3) is 0 Å². The van der Waals surface area contributed by atoms with Crippen LogP contribution in [-0.2, 0) is 0 Å². The molecular formula is C31H32N2O. The molecular weight excluding hydrogens is 416 g/mol. The van der Waals surface area contributed by atoms with E-state index < -0.39 is 0 Å². The zero-order valence-electron chi connectivity index (χ0n) is 20.4. The monoisotopic (exact) mass is 448 g/mol. The molecule has 0 N–H and O–H groups in total. The minimum absolute atomic E-state index is 0.201. The second-order valence-corrected chi connectivity index (χ2v) is 9.14.